The number of hydrogen-bond donors (Lipinski definition) is 3. The predicted octanol–water partition coefficient (Wildman–Crippen LogP) is 2.92. The van der Waals surface area contributed by atoms with Crippen LogP contribution in [0.15, 0.2) is 40.9 Å². The molecule has 1 amide bonds. The molecule has 0 aliphatic heterocycles. The smallest absolute Gasteiger partial charge is 0.256 e. The molecule has 0 bridgehead atoms. The summed E-state index contributed by atoms with van der Waals surface area (Å²) in [5.41, 5.74) is 6.93. The van der Waals surface area contributed by atoms with Crippen molar-refractivity contribution < 1.29 is 14.3 Å². The summed E-state index contributed by atoms with van der Waals surface area (Å²) in [5, 5.41) is 11.6. The van der Waals surface area contributed by atoms with E-state index in [2.05, 4.69) is 21.2 Å². The Morgan fingerprint density at radius 3 is 2.55 bits per heavy atom. The third kappa shape index (κ3) is 3.15. The van der Waals surface area contributed by atoms with E-state index in [9.17, 15) is 9.18 Å². The van der Waals surface area contributed by atoms with Crippen molar-refractivity contribution in [1.29, 1.82) is 0 Å². The van der Waals surface area contributed by atoms with Gasteiger partial charge in [0.25, 0.3) is 5.91 Å². The van der Waals surface area contributed by atoms with Gasteiger partial charge in [0.1, 0.15) is 5.82 Å². The maximum Gasteiger partial charge on any atom is 0.256 e. The molecule has 2 rings (SSSR count). The molecule has 6 heteroatoms. The number of aliphatic hydroxyl groups is 1. The summed E-state index contributed by atoms with van der Waals surface area (Å²) in [6.07, 6.45) is 0. The van der Waals surface area contributed by atoms with Crippen LogP contribution in [0.4, 0.5) is 15.8 Å². The lowest BCUT2D eigenvalue weighted by Crippen LogP contribution is -2.13. The first kappa shape index (κ1) is 14.5. The van der Waals surface area contributed by atoms with E-state index < -0.39 is 11.7 Å². The van der Waals surface area contributed by atoms with Crippen molar-refractivity contribution in [2.75, 3.05) is 11.1 Å². The molecular formula is C14H12BrFN2O2. The number of hydrogen-bond acceptors (Lipinski definition) is 3. The van der Waals surface area contributed by atoms with Crippen molar-refractivity contribution >= 4 is 33.2 Å². The maximum absolute atomic E-state index is 13.2. The third-order valence-corrected chi connectivity index (χ3v) is 3.38. The molecule has 0 spiro atoms. The number of nitrogens with one attached hydrogen (secondary N) is 1. The monoisotopic (exact) mass is 338 g/mol. The molecule has 0 heterocycles. The zero-order valence-corrected chi connectivity index (χ0v) is 11.9. The molecular weight excluding hydrogens is 327 g/mol. The number of benzene rings is 2. The third-order valence-electron chi connectivity index (χ3n) is 2.73. The Bertz CT molecular complexity index is 644. The summed E-state index contributed by atoms with van der Waals surface area (Å²) in [6, 6.07) is 9.16. The van der Waals surface area contributed by atoms with Gasteiger partial charge in [-0.3, -0.25) is 4.79 Å². The Balaban J connectivity index is 2.21. The van der Waals surface area contributed by atoms with Crippen molar-refractivity contribution in [3.63, 3.8) is 0 Å². The van der Waals surface area contributed by atoms with Crippen molar-refractivity contribution in [1.82, 2.24) is 0 Å². The number of nitrogens with two attached hydrogens (primary N) is 1. The average Bonchev–Trinajstić information content (AvgIpc) is 2.43. The minimum Gasteiger partial charge on any atom is -0.396 e. The van der Waals surface area contributed by atoms with E-state index in [-0.39, 0.29) is 17.9 Å². The van der Waals surface area contributed by atoms with Crippen LogP contribution in [-0.4, -0.2) is 11.0 Å². The van der Waals surface area contributed by atoms with Crippen LogP contribution in [0, 0.1) is 5.82 Å². The summed E-state index contributed by atoms with van der Waals surface area (Å²) < 4.78 is 13.6. The van der Waals surface area contributed by atoms with E-state index in [1.54, 1.807) is 24.3 Å². The van der Waals surface area contributed by atoms with Crippen molar-refractivity contribution in [2.45, 2.75) is 6.61 Å². The highest BCUT2D eigenvalue weighted by Gasteiger charge is 2.13. The topological polar surface area (TPSA) is 75.4 Å². The first-order valence-corrected chi connectivity index (χ1v) is 6.56. The molecule has 2 aromatic rings. The van der Waals surface area contributed by atoms with Crippen LogP contribution in [-0.2, 0) is 6.61 Å². The lowest BCUT2D eigenvalue weighted by Gasteiger charge is -2.09. The molecule has 0 atom stereocenters. The Morgan fingerprint density at radius 1 is 1.30 bits per heavy atom. The van der Waals surface area contributed by atoms with E-state index in [1.807, 2.05) is 0 Å². The Hall–Kier alpha value is -1.92. The largest absolute Gasteiger partial charge is 0.396 e. The van der Waals surface area contributed by atoms with Gasteiger partial charge in [0.15, 0.2) is 0 Å². The van der Waals surface area contributed by atoms with Crippen LogP contribution in [0.3, 0.4) is 0 Å². The van der Waals surface area contributed by atoms with Gasteiger partial charge in [0.2, 0.25) is 0 Å². The normalized spacial score (nSPS) is 10.3. The van der Waals surface area contributed by atoms with Gasteiger partial charge < -0.3 is 16.2 Å². The number of halogens is 2. The fourth-order valence-corrected chi connectivity index (χ4v) is 2.13. The fraction of sp³-hybridized carbons (Fsp3) is 0.0714. The summed E-state index contributed by atoms with van der Waals surface area (Å²) in [4.78, 5) is 12.1. The maximum atomic E-state index is 13.2. The molecule has 4 N–H and O–H groups in total. The highest BCUT2D eigenvalue weighted by atomic mass is 79.9. The van der Waals surface area contributed by atoms with E-state index >= 15 is 0 Å². The summed E-state index contributed by atoms with van der Waals surface area (Å²) >= 11 is 3.13. The van der Waals surface area contributed by atoms with Crippen LogP contribution in [0.1, 0.15) is 15.9 Å². The SMILES string of the molecule is Nc1cc(C(=O)Nc2ccc(CO)cc2)c(Br)cc1F. The Labute approximate surface area is 123 Å². The highest BCUT2D eigenvalue weighted by Crippen LogP contribution is 2.24. The van der Waals surface area contributed by atoms with E-state index in [4.69, 9.17) is 10.8 Å². The second kappa shape index (κ2) is 6.02. The molecule has 4 nitrogen and oxygen atoms in total. The number of nitrogen functional groups attached to an aromatic ring is 1. The van der Waals surface area contributed by atoms with Gasteiger partial charge in [0, 0.05) is 10.2 Å². The number of aliphatic hydroxyl groups excluding tert-OH is 1. The number of carbonyl (C=O) groups is 1. The standard InChI is InChI=1S/C14H12BrFN2O2/c15-11-6-12(16)13(17)5-10(11)14(20)18-9-3-1-8(7-19)2-4-9/h1-6,19H,7,17H2,(H,18,20). The summed E-state index contributed by atoms with van der Waals surface area (Å²) in [6.45, 7) is -0.0612. The molecule has 0 aliphatic carbocycles. The first-order valence-electron chi connectivity index (χ1n) is 5.77. The molecule has 20 heavy (non-hydrogen) atoms. The van der Waals surface area contributed by atoms with Gasteiger partial charge in [-0.1, -0.05) is 12.1 Å². The number of anilines is 2. The Kier molecular flexibility index (Phi) is 4.36. The van der Waals surface area contributed by atoms with Crippen LogP contribution >= 0.6 is 15.9 Å². The zero-order chi connectivity index (χ0) is 14.7. The lowest BCUT2D eigenvalue weighted by atomic mass is 10.1. The van der Waals surface area contributed by atoms with Gasteiger partial charge in [-0.25, -0.2) is 4.39 Å². The minimum absolute atomic E-state index is 0.0612. The molecule has 0 radical (unpaired) electrons. The Morgan fingerprint density at radius 2 is 1.95 bits per heavy atom. The van der Waals surface area contributed by atoms with Gasteiger partial charge in [-0.2, -0.15) is 0 Å². The summed E-state index contributed by atoms with van der Waals surface area (Å²) in [5.74, 6) is -0.985. The average molecular weight is 339 g/mol. The second-order valence-corrected chi connectivity index (χ2v) is 5.02. The molecule has 0 fully saturated rings. The van der Waals surface area contributed by atoms with E-state index in [0.717, 1.165) is 11.6 Å². The van der Waals surface area contributed by atoms with E-state index in [1.165, 1.54) is 6.07 Å². The fourth-order valence-electron chi connectivity index (χ4n) is 1.63. The second-order valence-electron chi connectivity index (χ2n) is 4.16. The number of carbonyl (C=O) groups excluding carboxylic acids is 1. The van der Waals surface area contributed by atoms with Crippen LogP contribution in [0.2, 0.25) is 0 Å². The van der Waals surface area contributed by atoms with E-state index in [0.29, 0.717) is 10.2 Å². The van der Waals surface area contributed by atoms with Crippen molar-refractivity contribution in [2.24, 2.45) is 0 Å². The van der Waals surface area contributed by atoms with Gasteiger partial charge >= 0.3 is 0 Å². The molecule has 0 aliphatic rings. The minimum atomic E-state index is -0.583. The van der Waals surface area contributed by atoms with Gasteiger partial charge in [-0.05, 0) is 45.8 Å². The highest BCUT2D eigenvalue weighted by molar-refractivity contribution is 9.10. The number of amides is 1. The lowest BCUT2D eigenvalue weighted by molar-refractivity contribution is 0.102. The van der Waals surface area contributed by atoms with Crippen LogP contribution < -0.4 is 11.1 Å². The first-order chi connectivity index (χ1) is 9.51. The van der Waals surface area contributed by atoms with Crippen molar-refractivity contribution in [3.05, 3.63) is 57.8 Å². The van der Waals surface area contributed by atoms with Crippen molar-refractivity contribution in [3.8, 4) is 0 Å². The summed E-state index contributed by atoms with van der Waals surface area (Å²) in [7, 11) is 0. The molecule has 104 valence electrons. The van der Waals surface area contributed by atoms with Gasteiger partial charge in [0.05, 0.1) is 17.9 Å². The molecule has 0 saturated heterocycles. The predicted molar refractivity (Wildman–Crippen MR) is 78.8 cm³/mol. The van der Waals surface area contributed by atoms with Crippen LogP contribution in [0.25, 0.3) is 0 Å². The molecule has 0 saturated carbocycles. The zero-order valence-electron chi connectivity index (χ0n) is 10.4. The molecule has 0 unspecified atom stereocenters. The van der Waals surface area contributed by atoms with Crippen LogP contribution in [0.5, 0.6) is 0 Å². The molecule has 2 aromatic carbocycles. The number of rotatable bonds is 3. The quantitative estimate of drug-likeness (QED) is 0.753. The molecule has 0 aromatic heterocycles. The van der Waals surface area contributed by atoms with Gasteiger partial charge in [-0.15, -0.1) is 0 Å².